The number of halogens is 2. The van der Waals surface area contributed by atoms with Gasteiger partial charge in [0.05, 0.1) is 9.95 Å². The number of aliphatic hydroxyl groups excluding tert-OH is 1. The maximum Gasteiger partial charge on any atom is 0.294 e. The summed E-state index contributed by atoms with van der Waals surface area (Å²) in [5, 5.41) is 22.0. The Bertz CT molecular complexity index is 448. The summed E-state index contributed by atoms with van der Waals surface area (Å²) < 4.78 is 13.3. The van der Waals surface area contributed by atoms with Gasteiger partial charge in [-0.3, -0.25) is 10.1 Å². The van der Waals surface area contributed by atoms with Gasteiger partial charge in [0, 0.05) is 31.0 Å². The molecular formula is C11H14ClFN2O3S. The molecule has 0 aliphatic rings. The van der Waals surface area contributed by atoms with Crippen LogP contribution >= 0.6 is 23.4 Å². The number of nitro benzene ring substituents is 1. The Morgan fingerprint density at radius 2 is 2.21 bits per heavy atom. The van der Waals surface area contributed by atoms with Gasteiger partial charge < -0.3 is 10.4 Å². The largest absolute Gasteiger partial charge is 0.396 e. The SMILES string of the molecule is O=[N+]([O-])c1cc(Cl)c(F)cc1NCCSCCCO. The molecule has 0 aromatic heterocycles. The van der Waals surface area contributed by atoms with Crippen molar-refractivity contribution in [2.45, 2.75) is 6.42 Å². The molecule has 106 valence electrons. The lowest BCUT2D eigenvalue weighted by Crippen LogP contribution is -2.07. The van der Waals surface area contributed by atoms with Crippen LogP contribution in [0.15, 0.2) is 12.1 Å². The van der Waals surface area contributed by atoms with Crippen molar-refractivity contribution in [1.29, 1.82) is 0 Å². The summed E-state index contributed by atoms with van der Waals surface area (Å²) >= 11 is 7.12. The zero-order valence-electron chi connectivity index (χ0n) is 10.1. The number of anilines is 1. The average molecular weight is 309 g/mol. The predicted octanol–water partition coefficient (Wildman–Crippen LogP) is 2.91. The minimum absolute atomic E-state index is 0.120. The van der Waals surface area contributed by atoms with Crippen molar-refractivity contribution in [1.82, 2.24) is 0 Å². The number of hydrogen-bond acceptors (Lipinski definition) is 5. The van der Waals surface area contributed by atoms with Crippen LogP contribution in [0, 0.1) is 15.9 Å². The highest BCUT2D eigenvalue weighted by atomic mass is 35.5. The number of hydrogen-bond donors (Lipinski definition) is 2. The van der Waals surface area contributed by atoms with Crippen LogP contribution in [-0.4, -0.2) is 34.7 Å². The molecule has 0 bridgehead atoms. The fourth-order valence-electron chi connectivity index (χ4n) is 1.36. The third-order valence-electron chi connectivity index (χ3n) is 2.24. The molecule has 1 aromatic rings. The van der Waals surface area contributed by atoms with Gasteiger partial charge in [0.2, 0.25) is 0 Å². The van der Waals surface area contributed by atoms with Gasteiger partial charge in [0.25, 0.3) is 5.69 Å². The maximum atomic E-state index is 13.3. The highest BCUT2D eigenvalue weighted by Gasteiger charge is 2.17. The van der Waals surface area contributed by atoms with Crippen molar-refractivity contribution in [2.24, 2.45) is 0 Å². The van der Waals surface area contributed by atoms with Gasteiger partial charge in [-0.2, -0.15) is 11.8 Å². The first-order valence-corrected chi connectivity index (χ1v) is 7.15. The summed E-state index contributed by atoms with van der Waals surface area (Å²) in [6, 6.07) is 2.02. The van der Waals surface area contributed by atoms with Crippen molar-refractivity contribution in [3.63, 3.8) is 0 Å². The van der Waals surface area contributed by atoms with E-state index in [4.69, 9.17) is 16.7 Å². The maximum absolute atomic E-state index is 13.3. The molecule has 0 heterocycles. The molecule has 0 atom stereocenters. The molecule has 0 radical (unpaired) electrons. The molecule has 19 heavy (non-hydrogen) atoms. The highest BCUT2D eigenvalue weighted by Crippen LogP contribution is 2.30. The predicted molar refractivity (Wildman–Crippen MR) is 75.6 cm³/mol. The molecule has 1 rings (SSSR count). The van der Waals surface area contributed by atoms with E-state index in [0.29, 0.717) is 18.7 Å². The molecule has 0 fully saturated rings. The number of benzene rings is 1. The minimum Gasteiger partial charge on any atom is -0.396 e. The fourth-order valence-corrected chi connectivity index (χ4v) is 2.30. The van der Waals surface area contributed by atoms with Crippen LogP contribution < -0.4 is 5.32 Å². The molecule has 1 aromatic carbocycles. The molecule has 0 saturated heterocycles. The Kier molecular flexibility index (Phi) is 6.90. The average Bonchev–Trinajstić information content (AvgIpc) is 2.37. The van der Waals surface area contributed by atoms with Crippen LogP contribution in [0.2, 0.25) is 5.02 Å². The molecule has 0 aliphatic heterocycles. The first-order valence-electron chi connectivity index (χ1n) is 5.62. The van der Waals surface area contributed by atoms with Gasteiger partial charge in [0.15, 0.2) is 0 Å². The Morgan fingerprint density at radius 1 is 1.47 bits per heavy atom. The van der Waals surface area contributed by atoms with Crippen LogP contribution in [0.1, 0.15) is 6.42 Å². The zero-order chi connectivity index (χ0) is 14.3. The molecule has 0 amide bonds. The van der Waals surface area contributed by atoms with Gasteiger partial charge in [-0.05, 0) is 12.2 Å². The van der Waals surface area contributed by atoms with Crippen molar-refractivity contribution in [3.05, 3.63) is 33.1 Å². The van der Waals surface area contributed by atoms with E-state index in [1.54, 1.807) is 11.8 Å². The van der Waals surface area contributed by atoms with Gasteiger partial charge in [-0.15, -0.1) is 0 Å². The van der Waals surface area contributed by atoms with E-state index < -0.39 is 10.7 Å². The Balaban J connectivity index is 2.57. The summed E-state index contributed by atoms with van der Waals surface area (Å²) in [4.78, 5) is 10.2. The monoisotopic (exact) mass is 308 g/mol. The summed E-state index contributed by atoms with van der Waals surface area (Å²) in [6.45, 7) is 0.617. The third-order valence-corrected chi connectivity index (χ3v) is 3.60. The lowest BCUT2D eigenvalue weighted by molar-refractivity contribution is -0.384. The lowest BCUT2D eigenvalue weighted by atomic mass is 10.2. The number of nitrogens with zero attached hydrogens (tertiary/aromatic N) is 1. The highest BCUT2D eigenvalue weighted by molar-refractivity contribution is 7.99. The molecule has 2 N–H and O–H groups in total. The number of thioether (sulfide) groups is 1. The first-order chi connectivity index (χ1) is 9.06. The number of aliphatic hydroxyl groups is 1. The third kappa shape index (κ3) is 5.22. The van der Waals surface area contributed by atoms with Crippen molar-refractivity contribution in [3.8, 4) is 0 Å². The second-order valence-electron chi connectivity index (χ2n) is 3.66. The van der Waals surface area contributed by atoms with E-state index >= 15 is 0 Å². The van der Waals surface area contributed by atoms with E-state index in [1.165, 1.54) is 0 Å². The summed E-state index contributed by atoms with van der Waals surface area (Å²) in [5.74, 6) is 0.833. The van der Waals surface area contributed by atoms with E-state index in [0.717, 1.165) is 17.9 Å². The topological polar surface area (TPSA) is 75.4 Å². The summed E-state index contributed by atoms with van der Waals surface area (Å²) in [7, 11) is 0. The minimum atomic E-state index is -0.692. The Labute approximate surface area is 119 Å². The lowest BCUT2D eigenvalue weighted by Gasteiger charge is -2.07. The van der Waals surface area contributed by atoms with Crippen LogP contribution in [0.25, 0.3) is 0 Å². The number of nitro groups is 1. The molecule has 8 heteroatoms. The molecule has 0 aliphatic carbocycles. The van der Waals surface area contributed by atoms with Crippen molar-refractivity contribution >= 4 is 34.7 Å². The van der Waals surface area contributed by atoms with E-state index in [1.807, 2.05) is 0 Å². The van der Waals surface area contributed by atoms with Crippen LogP contribution in [0.5, 0.6) is 0 Å². The molecule has 0 unspecified atom stereocenters. The molecule has 5 nitrogen and oxygen atoms in total. The first kappa shape index (κ1) is 16.0. The van der Waals surface area contributed by atoms with E-state index in [2.05, 4.69) is 5.32 Å². The smallest absolute Gasteiger partial charge is 0.294 e. The van der Waals surface area contributed by atoms with Gasteiger partial charge in [-0.25, -0.2) is 4.39 Å². The van der Waals surface area contributed by atoms with Crippen molar-refractivity contribution < 1.29 is 14.4 Å². The number of nitrogens with one attached hydrogen (secondary N) is 1. The zero-order valence-corrected chi connectivity index (χ0v) is 11.6. The standard InChI is InChI=1S/C11H14ClFN2O3S/c12-8-6-11(15(17)18)10(7-9(8)13)14-2-5-19-4-1-3-16/h6-7,14,16H,1-5H2. The normalized spacial score (nSPS) is 10.5. The second kappa shape index (κ2) is 8.19. The van der Waals surface area contributed by atoms with Gasteiger partial charge in [0.1, 0.15) is 11.5 Å². The van der Waals surface area contributed by atoms with Crippen LogP contribution in [0.3, 0.4) is 0 Å². The Hall–Kier alpha value is -1.05. The Morgan fingerprint density at radius 3 is 2.84 bits per heavy atom. The van der Waals surface area contributed by atoms with Crippen LogP contribution in [0.4, 0.5) is 15.8 Å². The number of rotatable bonds is 8. The van der Waals surface area contributed by atoms with E-state index in [-0.39, 0.29) is 23.0 Å². The van der Waals surface area contributed by atoms with Gasteiger partial charge >= 0.3 is 0 Å². The van der Waals surface area contributed by atoms with Crippen LogP contribution in [-0.2, 0) is 0 Å². The quantitative estimate of drug-likeness (QED) is 0.439. The molecular weight excluding hydrogens is 295 g/mol. The second-order valence-corrected chi connectivity index (χ2v) is 5.29. The van der Waals surface area contributed by atoms with E-state index in [9.17, 15) is 14.5 Å². The van der Waals surface area contributed by atoms with Crippen molar-refractivity contribution in [2.75, 3.05) is 30.0 Å². The fraction of sp³-hybridized carbons (Fsp3) is 0.455. The molecule has 0 spiro atoms. The summed E-state index contributed by atoms with van der Waals surface area (Å²) in [6.07, 6.45) is 0.709. The summed E-state index contributed by atoms with van der Waals surface area (Å²) in [5.41, 5.74) is -0.124. The molecule has 0 saturated carbocycles. The van der Waals surface area contributed by atoms with Gasteiger partial charge in [-0.1, -0.05) is 11.6 Å².